The first-order valence-electron chi connectivity index (χ1n) is 5.63. The second-order valence-corrected chi connectivity index (χ2v) is 5.17. The number of anilines is 1. The van der Waals surface area contributed by atoms with E-state index in [2.05, 4.69) is 16.6 Å². The summed E-state index contributed by atoms with van der Waals surface area (Å²) in [5, 5.41) is 14.4. The van der Waals surface area contributed by atoms with Crippen molar-refractivity contribution >= 4 is 41.1 Å². The summed E-state index contributed by atoms with van der Waals surface area (Å²) < 4.78 is 0. The number of amides is 2. The van der Waals surface area contributed by atoms with Gasteiger partial charge in [0.25, 0.3) is 0 Å². The number of hydrogen-bond donors (Lipinski definition) is 3. The number of urea groups is 1. The second kappa shape index (κ2) is 8.35. The number of rotatable bonds is 6. The van der Waals surface area contributed by atoms with E-state index in [0.29, 0.717) is 23.1 Å². The summed E-state index contributed by atoms with van der Waals surface area (Å²) in [4.78, 5) is 22.6. The van der Waals surface area contributed by atoms with Gasteiger partial charge in [-0.05, 0) is 18.2 Å². The van der Waals surface area contributed by atoms with Crippen molar-refractivity contribution in [2.24, 2.45) is 0 Å². The van der Waals surface area contributed by atoms with Crippen LogP contribution in [0.15, 0.2) is 18.2 Å². The summed E-state index contributed by atoms with van der Waals surface area (Å²) in [6.07, 6.45) is 5.09. The molecule has 106 valence electrons. The molecule has 0 bridgehead atoms. The third-order valence-corrected chi connectivity index (χ3v) is 3.28. The van der Waals surface area contributed by atoms with E-state index in [1.165, 1.54) is 30.0 Å². The molecule has 3 N–H and O–H groups in total. The summed E-state index contributed by atoms with van der Waals surface area (Å²) in [5.74, 6) is 2.59. The topological polar surface area (TPSA) is 78.4 Å². The SMILES string of the molecule is C#CCSCCNC(=O)Nc1ccc(Cl)cc1C(=O)O. The van der Waals surface area contributed by atoms with Crippen molar-refractivity contribution in [3.63, 3.8) is 0 Å². The summed E-state index contributed by atoms with van der Waals surface area (Å²) >= 11 is 7.24. The van der Waals surface area contributed by atoms with E-state index in [1.807, 2.05) is 0 Å². The number of thioether (sulfide) groups is 1. The molecule has 20 heavy (non-hydrogen) atoms. The summed E-state index contributed by atoms with van der Waals surface area (Å²) in [6, 6.07) is 3.75. The van der Waals surface area contributed by atoms with Gasteiger partial charge in [-0.15, -0.1) is 18.2 Å². The van der Waals surface area contributed by atoms with Gasteiger partial charge in [-0.25, -0.2) is 9.59 Å². The van der Waals surface area contributed by atoms with Crippen LogP contribution >= 0.6 is 23.4 Å². The van der Waals surface area contributed by atoms with Crippen LogP contribution in [0.1, 0.15) is 10.4 Å². The molecule has 0 fully saturated rings. The van der Waals surface area contributed by atoms with Gasteiger partial charge in [0.2, 0.25) is 0 Å². The van der Waals surface area contributed by atoms with E-state index >= 15 is 0 Å². The summed E-state index contributed by atoms with van der Waals surface area (Å²) in [7, 11) is 0. The van der Waals surface area contributed by atoms with E-state index in [-0.39, 0.29) is 11.3 Å². The average molecular weight is 313 g/mol. The lowest BCUT2D eigenvalue weighted by molar-refractivity contribution is 0.0698. The normalized spacial score (nSPS) is 9.60. The van der Waals surface area contributed by atoms with E-state index in [9.17, 15) is 9.59 Å². The fourth-order valence-electron chi connectivity index (χ4n) is 1.34. The predicted octanol–water partition coefficient (Wildman–Crippen LogP) is 2.53. The molecule has 0 aliphatic heterocycles. The number of hydrogen-bond acceptors (Lipinski definition) is 3. The fourth-order valence-corrected chi connectivity index (χ4v) is 2.02. The van der Waals surface area contributed by atoms with Crippen LogP contribution in [0.3, 0.4) is 0 Å². The maximum absolute atomic E-state index is 11.6. The van der Waals surface area contributed by atoms with Crippen LogP contribution in [0.2, 0.25) is 5.02 Å². The Morgan fingerprint density at radius 2 is 2.20 bits per heavy atom. The van der Waals surface area contributed by atoms with Crippen LogP contribution in [-0.4, -0.2) is 35.2 Å². The zero-order valence-electron chi connectivity index (χ0n) is 10.5. The lowest BCUT2D eigenvalue weighted by Gasteiger charge is -2.10. The van der Waals surface area contributed by atoms with Crippen LogP contribution in [0.25, 0.3) is 0 Å². The highest BCUT2D eigenvalue weighted by molar-refractivity contribution is 7.99. The highest BCUT2D eigenvalue weighted by Crippen LogP contribution is 2.20. The Labute approximate surface area is 126 Å². The lowest BCUT2D eigenvalue weighted by Crippen LogP contribution is -2.31. The number of carboxylic acids is 1. The van der Waals surface area contributed by atoms with Gasteiger partial charge in [0.05, 0.1) is 17.0 Å². The molecule has 0 atom stereocenters. The largest absolute Gasteiger partial charge is 0.478 e. The first-order valence-corrected chi connectivity index (χ1v) is 7.16. The zero-order chi connectivity index (χ0) is 15.0. The van der Waals surface area contributed by atoms with Crippen LogP contribution in [0.4, 0.5) is 10.5 Å². The van der Waals surface area contributed by atoms with Gasteiger partial charge in [0.1, 0.15) is 0 Å². The number of nitrogens with one attached hydrogen (secondary N) is 2. The zero-order valence-corrected chi connectivity index (χ0v) is 12.1. The smallest absolute Gasteiger partial charge is 0.337 e. The molecule has 0 saturated carbocycles. The highest BCUT2D eigenvalue weighted by Gasteiger charge is 2.12. The Kier molecular flexibility index (Phi) is 6.77. The third-order valence-electron chi connectivity index (χ3n) is 2.18. The molecular formula is C13H13ClN2O3S. The fraction of sp³-hybridized carbons (Fsp3) is 0.231. The molecular weight excluding hydrogens is 300 g/mol. The van der Waals surface area contributed by atoms with Crippen molar-refractivity contribution in [3.8, 4) is 12.3 Å². The Hall–Kier alpha value is -1.84. The molecule has 0 saturated heterocycles. The molecule has 2 amide bonds. The minimum Gasteiger partial charge on any atom is -0.478 e. The Bertz CT molecular complexity index is 543. The quantitative estimate of drug-likeness (QED) is 0.557. The second-order valence-electron chi connectivity index (χ2n) is 3.63. The molecule has 0 radical (unpaired) electrons. The lowest BCUT2D eigenvalue weighted by atomic mass is 10.2. The molecule has 0 aromatic heterocycles. The minimum absolute atomic E-state index is 0.0608. The van der Waals surface area contributed by atoms with Gasteiger partial charge in [-0.3, -0.25) is 0 Å². The van der Waals surface area contributed by atoms with E-state index < -0.39 is 12.0 Å². The number of carboxylic acid groups (broad SMARTS) is 1. The van der Waals surface area contributed by atoms with Crippen LogP contribution in [-0.2, 0) is 0 Å². The minimum atomic E-state index is -1.16. The van der Waals surface area contributed by atoms with E-state index in [1.54, 1.807) is 0 Å². The first-order chi connectivity index (χ1) is 9.54. The van der Waals surface area contributed by atoms with Crippen molar-refractivity contribution in [3.05, 3.63) is 28.8 Å². The molecule has 0 aliphatic rings. The van der Waals surface area contributed by atoms with Gasteiger partial charge in [-0.1, -0.05) is 17.5 Å². The van der Waals surface area contributed by atoms with Crippen molar-refractivity contribution in [1.29, 1.82) is 0 Å². The number of terminal acetylenes is 1. The van der Waals surface area contributed by atoms with Gasteiger partial charge >= 0.3 is 12.0 Å². The Morgan fingerprint density at radius 3 is 2.85 bits per heavy atom. The number of aromatic carboxylic acids is 1. The van der Waals surface area contributed by atoms with Crippen LogP contribution in [0, 0.1) is 12.3 Å². The maximum atomic E-state index is 11.6. The predicted molar refractivity (Wildman–Crippen MR) is 81.6 cm³/mol. The van der Waals surface area contributed by atoms with Gasteiger partial charge in [0.15, 0.2) is 0 Å². The highest BCUT2D eigenvalue weighted by atomic mass is 35.5. The number of benzene rings is 1. The molecule has 0 spiro atoms. The van der Waals surface area contributed by atoms with Crippen molar-refractivity contribution in [1.82, 2.24) is 5.32 Å². The standard InChI is InChI=1S/C13H13ClN2O3S/c1-2-6-20-7-5-15-13(19)16-11-4-3-9(14)8-10(11)12(17)18/h1,3-4,8H,5-7H2,(H,17,18)(H2,15,16,19). The van der Waals surface area contributed by atoms with Crippen molar-refractivity contribution < 1.29 is 14.7 Å². The number of carbonyl (C=O) groups is 2. The molecule has 1 rings (SSSR count). The Morgan fingerprint density at radius 1 is 1.45 bits per heavy atom. The summed E-state index contributed by atoms with van der Waals surface area (Å²) in [5.41, 5.74) is 0.130. The van der Waals surface area contributed by atoms with E-state index in [4.69, 9.17) is 23.1 Å². The maximum Gasteiger partial charge on any atom is 0.337 e. The monoisotopic (exact) mass is 312 g/mol. The number of carbonyl (C=O) groups excluding carboxylic acids is 1. The van der Waals surface area contributed by atoms with Crippen molar-refractivity contribution in [2.75, 3.05) is 23.4 Å². The molecule has 0 unspecified atom stereocenters. The summed E-state index contributed by atoms with van der Waals surface area (Å²) in [6.45, 7) is 0.439. The third kappa shape index (κ3) is 5.43. The van der Waals surface area contributed by atoms with Crippen LogP contribution < -0.4 is 10.6 Å². The molecule has 7 heteroatoms. The molecule has 1 aromatic rings. The van der Waals surface area contributed by atoms with Crippen LogP contribution in [0.5, 0.6) is 0 Å². The van der Waals surface area contributed by atoms with E-state index in [0.717, 1.165) is 0 Å². The molecule has 5 nitrogen and oxygen atoms in total. The van der Waals surface area contributed by atoms with Crippen molar-refractivity contribution in [2.45, 2.75) is 0 Å². The van der Waals surface area contributed by atoms with Gasteiger partial charge < -0.3 is 15.7 Å². The first kappa shape index (κ1) is 16.2. The van der Waals surface area contributed by atoms with Gasteiger partial charge in [0, 0.05) is 17.3 Å². The Balaban J connectivity index is 2.54. The average Bonchev–Trinajstić information content (AvgIpc) is 2.40. The molecule has 0 aliphatic carbocycles. The molecule has 0 heterocycles. The molecule has 1 aromatic carbocycles. The number of halogens is 1. The van der Waals surface area contributed by atoms with Gasteiger partial charge in [-0.2, -0.15) is 0 Å².